The lowest BCUT2D eigenvalue weighted by Gasteiger charge is -2.16. The Labute approximate surface area is 185 Å². The first-order valence-corrected chi connectivity index (χ1v) is 11.3. The van der Waals surface area contributed by atoms with Gasteiger partial charge in [-0.2, -0.15) is 0 Å². The van der Waals surface area contributed by atoms with E-state index >= 15 is 0 Å². The van der Waals surface area contributed by atoms with Crippen LogP contribution in [0.4, 0.5) is 0 Å². The first-order valence-electron chi connectivity index (χ1n) is 11.3. The Balaban J connectivity index is 1.42. The molecule has 2 N–H and O–H groups in total. The second-order valence-corrected chi connectivity index (χ2v) is 8.20. The monoisotopic (exact) mass is 425 g/mol. The van der Waals surface area contributed by atoms with E-state index in [0.717, 1.165) is 62.9 Å². The predicted octanol–water partition coefficient (Wildman–Crippen LogP) is 2.87. The molecule has 1 amide bonds. The van der Waals surface area contributed by atoms with E-state index in [1.807, 2.05) is 36.9 Å². The number of nitrogens with zero attached hydrogens (tertiary/aromatic N) is 3. The number of aryl methyl sites for hydroxylation is 2. The molecule has 0 aliphatic carbocycles. The molecule has 1 aromatic heterocycles. The third-order valence-electron chi connectivity index (χ3n) is 5.74. The highest BCUT2D eigenvalue weighted by Crippen LogP contribution is 2.19. The molecule has 3 rings (SSSR count). The quantitative estimate of drug-likeness (QED) is 0.347. The Morgan fingerprint density at radius 2 is 2.03 bits per heavy atom. The highest BCUT2D eigenvalue weighted by molar-refractivity contribution is 5.80. The molecule has 7 heteroatoms. The summed E-state index contributed by atoms with van der Waals surface area (Å²) in [6.45, 7) is 9.87. The SMILES string of the molecule is CCNC(=NCC1CC(=O)N(CCc2ccccc2)C1)NCCCc1c(C)noc1C. The van der Waals surface area contributed by atoms with Crippen LogP contribution in [0.15, 0.2) is 39.8 Å². The van der Waals surface area contributed by atoms with Gasteiger partial charge in [0.05, 0.1) is 5.69 Å². The van der Waals surface area contributed by atoms with Crippen molar-refractivity contribution in [3.63, 3.8) is 0 Å². The zero-order valence-corrected chi connectivity index (χ0v) is 19.0. The molecule has 1 fully saturated rings. The fraction of sp³-hybridized carbons (Fsp3) is 0.542. The van der Waals surface area contributed by atoms with Gasteiger partial charge in [0.25, 0.3) is 0 Å². The molecule has 31 heavy (non-hydrogen) atoms. The molecule has 0 spiro atoms. The average Bonchev–Trinajstić information content (AvgIpc) is 3.29. The molecule has 2 aromatic rings. The second-order valence-electron chi connectivity index (χ2n) is 8.20. The van der Waals surface area contributed by atoms with Gasteiger partial charge in [0, 0.05) is 50.6 Å². The van der Waals surface area contributed by atoms with E-state index in [9.17, 15) is 4.79 Å². The Hall–Kier alpha value is -2.83. The molecule has 1 atom stereocenters. The average molecular weight is 426 g/mol. The number of nitrogens with one attached hydrogen (secondary N) is 2. The molecule has 1 aromatic carbocycles. The molecule has 0 saturated carbocycles. The zero-order valence-electron chi connectivity index (χ0n) is 19.0. The normalized spacial score (nSPS) is 16.7. The second kappa shape index (κ2) is 11.5. The van der Waals surface area contributed by atoms with Crippen LogP contribution in [-0.4, -0.2) is 54.6 Å². The van der Waals surface area contributed by atoms with Gasteiger partial charge in [0.1, 0.15) is 5.76 Å². The van der Waals surface area contributed by atoms with Crippen LogP contribution in [0.1, 0.15) is 42.3 Å². The third-order valence-corrected chi connectivity index (χ3v) is 5.74. The summed E-state index contributed by atoms with van der Waals surface area (Å²) in [4.78, 5) is 19.1. The van der Waals surface area contributed by atoms with Crippen LogP contribution in [-0.2, 0) is 17.6 Å². The number of hydrogen-bond donors (Lipinski definition) is 2. The van der Waals surface area contributed by atoms with Crippen LogP contribution in [0.5, 0.6) is 0 Å². The minimum Gasteiger partial charge on any atom is -0.361 e. The molecular formula is C24H35N5O2. The maximum absolute atomic E-state index is 12.4. The van der Waals surface area contributed by atoms with E-state index in [4.69, 9.17) is 9.52 Å². The molecular weight excluding hydrogens is 390 g/mol. The molecule has 2 heterocycles. The van der Waals surface area contributed by atoms with Gasteiger partial charge in [0.2, 0.25) is 5.91 Å². The highest BCUT2D eigenvalue weighted by atomic mass is 16.5. The number of carbonyl (C=O) groups excluding carboxylic acids is 1. The number of hydrogen-bond acceptors (Lipinski definition) is 4. The summed E-state index contributed by atoms with van der Waals surface area (Å²) in [7, 11) is 0. The molecule has 7 nitrogen and oxygen atoms in total. The molecule has 1 unspecified atom stereocenters. The first kappa shape index (κ1) is 22.8. The van der Waals surface area contributed by atoms with Crippen molar-refractivity contribution in [3.8, 4) is 0 Å². The standard InChI is InChI=1S/C24H35N5O2/c1-4-25-24(26-13-8-11-22-18(2)28-31-19(22)3)27-16-21-15-23(30)29(17-21)14-12-20-9-6-5-7-10-20/h5-7,9-10,21H,4,8,11-17H2,1-3H3,(H2,25,26,27). The predicted molar refractivity (Wildman–Crippen MR) is 123 cm³/mol. The Morgan fingerprint density at radius 1 is 1.23 bits per heavy atom. The Bertz CT molecular complexity index is 843. The van der Waals surface area contributed by atoms with Crippen molar-refractivity contribution in [2.45, 2.75) is 46.5 Å². The fourth-order valence-corrected chi connectivity index (χ4v) is 3.99. The maximum Gasteiger partial charge on any atom is 0.223 e. The Kier molecular flexibility index (Phi) is 8.50. The number of aliphatic imine (C=N–C) groups is 1. The van der Waals surface area contributed by atoms with Crippen LogP contribution in [0, 0.1) is 19.8 Å². The van der Waals surface area contributed by atoms with E-state index in [1.54, 1.807) is 0 Å². The van der Waals surface area contributed by atoms with E-state index in [-0.39, 0.29) is 11.8 Å². The highest BCUT2D eigenvalue weighted by Gasteiger charge is 2.29. The molecule has 1 aliphatic rings. The summed E-state index contributed by atoms with van der Waals surface area (Å²) in [5.74, 6) is 2.24. The van der Waals surface area contributed by atoms with Crippen molar-refractivity contribution in [2.75, 3.05) is 32.7 Å². The first-order chi connectivity index (χ1) is 15.1. The van der Waals surface area contributed by atoms with Crippen molar-refractivity contribution in [1.82, 2.24) is 20.7 Å². The maximum atomic E-state index is 12.4. The topological polar surface area (TPSA) is 82.8 Å². The number of rotatable bonds is 10. The number of amides is 1. The van der Waals surface area contributed by atoms with Crippen LogP contribution in [0.2, 0.25) is 0 Å². The Morgan fingerprint density at radius 3 is 2.74 bits per heavy atom. The van der Waals surface area contributed by atoms with Gasteiger partial charge in [0.15, 0.2) is 5.96 Å². The van der Waals surface area contributed by atoms with Gasteiger partial charge in [-0.05, 0) is 45.6 Å². The molecule has 168 valence electrons. The fourth-order valence-electron chi connectivity index (χ4n) is 3.99. The van der Waals surface area contributed by atoms with Gasteiger partial charge in [-0.3, -0.25) is 9.79 Å². The minimum absolute atomic E-state index is 0.244. The van der Waals surface area contributed by atoms with Crippen molar-refractivity contribution in [3.05, 3.63) is 52.9 Å². The molecule has 0 radical (unpaired) electrons. The summed E-state index contributed by atoms with van der Waals surface area (Å²) < 4.78 is 5.23. The smallest absolute Gasteiger partial charge is 0.223 e. The van der Waals surface area contributed by atoms with E-state index in [0.29, 0.717) is 13.0 Å². The summed E-state index contributed by atoms with van der Waals surface area (Å²) in [6, 6.07) is 10.3. The minimum atomic E-state index is 0.244. The zero-order chi connectivity index (χ0) is 22.1. The van der Waals surface area contributed by atoms with Gasteiger partial charge < -0.3 is 20.1 Å². The largest absolute Gasteiger partial charge is 0.361 e. The van der Waals surface area contributed by atoms with Crippen LogP contribution in [0.25, 0.3) is 0 Å². The van der Waals surface area contributed by atoms with Crippen molar-refractivity contribution in [1.29, 1.82) is 0 Å². The number of likely N-dealkylation sites (tertiary alicyclic amines) is 1. The van der Waals surface area contributed by atoms with Crippen LogP contribution >= 0.6 is 0 Å². The summed E-state index contributed by atoms with van der Waals surface area (Å²) in [5, 5.41) is 10.7. The summed E-state index contributed by atoms with van der Waals surface area (Å²) in [6.07, 6.45) is 3.39. The molecule has 1 saturated heterocycles. The van der Waals surface area contributed by atoms with E-state index in [1.165, 1.54) is 11.1 Å². The number of carbonyl (C=O) groups is 1. The van der Waals surface area contributed by atoms with Crippen LogP contribution < -0.4 is 10.6 Å². The molecule has 0 bridgehead atoms. The summed E-state index contributed by atoms with van der Waals surface area (Å²) >= 11 is 0. The van der Waals surface area contributed by atoms with Gasteiger partial charge >= 0.3 is 0 Å². The lowest BCUT2D eigenvalue weighted by molar-refractivity contribution is -0.127. The number of aromatic nitrogens is 1. The number of guanidine groups is 1. The van der Waals surface area contributed by atoms with Crippen molar-refractivity contribution in [2.24, 2.45) is 10.9 Å². The van der Waals surface area contributed by atoms with Crippen LogP contribution in [0.3, 0.4) is 0 Å². The summed E-state index contributed by atoms with van der Waals surface area (Å²) in [5.41, 5.74) is 3.44. The lowest BCUT2D eigenvalue weighted by atomic mass is 10.1. The molecule has 1 aliphatic heterocycles. The van der Waals surface area contributed by atoms with E-state index in [2.05, 4.69) is 34.8 Å². The van der Waals surface area contributed by atoms with Crippen molar-refractivity contribution < 1.29 is 9.32 Å². The van der Waals surface area contributed by atoms with Crippen molar-refractivity contribution >= 4 is 11.9 Å². The van der Waals surface area contributed by atoms with E-state index < -0.39 is 0 Å². The lowest BCUT2D eigenvalue weighted by Crippen LogP contribution is -2.38. The van der Waals surface area contributed by atoms with Gasteiger partial charge in [-0.25, -0.2) is 0 Å². The van der Waals surface area contributed by atoms with Gasteiger partial charge in [-0.1, -0.05) is 35.5 Å². The third kappa shape index (κ3) is 6.84. The van der Waals surface area contributed by atoms with Gasteiger partial charge in [-0.15, -0.1) is 0 Å². The number of benzene rings is 1.